The van der Waals surface area contributed by atoms with E-state index in [1.807, 2.05) is 32.9 Å². The van der Waals surface area contributed by atoms with Crippen molar-refractivity contribution in [1.29, 1.82) is 0 Å². The summed E-state index contributed by atoms with van der Waals surface area (Å²) < 4.78 is 22.4. The Morgan fingerprint density at radius 2 is 1.26 bits per heavy atom. The Balaban J connectivity index is 3.89. The molecule has 2 N–H and O–H groups in total. The third kappa shape index (κ3) is 19.6. The molecular formula is C26H57NO5PS+. The largest absolute Gasteiger partial charge is 0.469 e. The molecular weight excluding hydrogens is 469 g/mol. The van der Waals surface area contributed by atoms with Crippen LogP contribution >= 0.6 is 19.6 Å². The molecule has 3 atom stereocenters. The van der Waals surface area contributed by atoms with E-state index in [1.54, 1.807) is 7.11 Å². The van der Waals surface area contributed by atoms with Gasteiger partial charge in [-0.25, -0.2) is 4.57 Å². The summed E-state index contributed by atoms with van der Waals surface area (Å²) in [6.07, 6.45) is 19.3. The molecule has 0 fully saturated rings. The zero-order chi connectivity index (χ0) is 25.9. The minimum Gasteiger partial charge on any atom is -0.380 e. The maximum atomic E-state index is 11.2. The van der Waals surface area contributed by atoms with Gasteiger partial charge in [0, 0.05) is 18.8 Å². The topological polar surface area (TPSA) is 76.0 Å². The van der Waals surface area contributed by atoms with Gasteiger partial charge >= 0.3 is 7.82 Å². The molecule has 0 amide bonds. The lowest BCUT2D eigenvalue weighted by Gasteiger charge is -2.40. The monoisotopic (exact) mass is 526 g/mol. The highest BCUT2D eigenvalue weighted by atomic mass is 32.2. The summed E-state index contributed by atoms with van der Waals surface area (Å²) in [5, 5.41) is 0. The molecule has 0 aromatic rings. The molecule has 34 heavy (non-hydrogen) atoms. The van der Waals surface area contributed by atoms with Crippen molar-refractivity contribution in [2.75, 3.05) is 46.4 Å². The molecule has 0 aliphatic rings. The fourth-order valence-corrected chi connectivity index (χ4v) is 6.13. The van der Waals surface area contributed by atoms with Gasteiger partial charge in [0.1, 0.15) is 12.6 Å². The van der Waals surface area contributed by atoms with Crippen molar-refractivity contribution in [3.8, 4) is 0 Å². The number of thioether (sulfide) groups is 1. The third-order valence-electron chi connectivity index (χ3n) is 6.83. The van der Waals surface area contributed by atoms with Gasteiger partial charge in [-0.1, -0.05) is 97.3 Å². The summed E-state index contributed by atoms with van der Waals surface area (Å²) in [7, 11) is 3.33. The van der Waals surface area contributed by atoms with Gasteiger partial charge in [0.2, 0.25) is 0 Å². The van der Waals surface area contributed by atoms with Crippen LogP contribution in [0, 0.1) is 5.92 Å². The number of hydrogen-bond donors (Lipinski definition) is 2. The van der Waals surface area contributed by atoms with Gasteiger partial charge in [-0.2, -0.15) is 11.8 Å². The van der Waals surface area contributed by atoms with Crippen LogP contribution in [0.3, 0.4) is 0 Å². The molecule has 0 aliphatic carbocycles. The Morgan fingerprint density at radius 3 is 1.65 bits per heavy atom. The lowest BCUT2D eigenvalue weighted by Crippen LogP contribution is -2.54. The van der Waals surface area contributed by atoms with Crippen LogP contribution < -0.4 is 0 Å². The Morgan fingerprint density at radius 1 is 0.824 bits per heavy atom. The number of nitrogens with zero attached hydrogens (tertiary/aromatic N) is 1. The first-order valence-corrected chi connectivity index (χ1v) is 16.3. The zero-order valence-corrected chi connectivity index (χ0v) is 24.9. The van der Waals surface area contributed by atoms with E-state index in [2.05, 4.69) is 13.8 Å². The van der Waals surface area contributed by atoms with E-state index in [9.17, 15) is 4.57 Å². The molecule has 0 aromatic carbocycles. The normalized spacial score (nSPS) is 15.4. The number of unbranched alkanes of at least 4 members (excludes halogenated alkanes) is 13. The summed E-state index contributed by atoms with van der Waals surface area (Å²) in [6, 6.07) is -0.0702. The SMILES string of the molecule is CCCCCCCCCCCCCCCCSCC(OC)C(C)C(COP(=O)(O)O)[N+](C)(C)C. The van der Waals surface area contributed by atoms with Crippen LogP contribution in [0.15, 0.2) is 0 Å². The van der Waals surface area contributed by atoms with Crippen LogP contribution in [0.2, 0.25) is 0 Å². The number of phosphoric acid groups is 1. The average Bonchev–Trinajstić information content (AvgIpc) is 2.74. The molecule has 0 rings (SSSR count). The predicted molar refractivity (Wildman–Crippen MR) is 147 cm³/mol. The number of hydrogen-bond acceptors (Lipinski definition) is 4. The number of rotatable bonds is 24. The zero-order valence-electron chi connectivity index (χ0n) is 23.2. The van der Waals surface area contributed by atoms with Gasteiger partial charge in [0.25, 0.3) is 0 Å². The van der Waals surface area contributed by atoms with Crippen LogP contribution in [0.5, 0.6) is 0 Å². The predicted octanol–water partition coefficient (Wildman–Crippen LogP) is 7.04. The molecule has 6 nitrogen and oxygen atoms in total. The Labute approximate surface area is 215 Å². The van der Waals surface area contributed by atoms with Crippen LogP contribution in [-0.4, -0.2) is 72.8 Å². The number of methoxy groups -OCH3 is 1. The average molecular weight is 527 g/mol. The smallest absolute Gasteiger partial charge is 0.380 e. The minimum atomic E-state index is -4.48. The first-order chi connectivity index (χ1) is 16.0. The molecule has 0 aliphatic heterocycles. The van der Waals surface area contributed by atoms with Gasteiger partial charge in [-0.05, 0) is 12.2 Å². The van der Waals surface area contributed by atoms with E-state index in [-0.39, 0.29) is 24.7 Å². The van der Waals surface area contributed by atoms with Crippen molar-refractivity contribution in [2.45, 2.75) is 116 Å². The lowest BCUT2D eigenvalue weighted by atomic mass is 9.95. The van der Waals surface area contributed by atoms with E-state index < -0.39 is 7.82 Å². The van der Waals surface area contributed by atoms with E-state index in [4.69, 9.17) is 19.0 Å². The highest BCUT2D eigenvalue weighted by molar-refractivity contribution is 7.99. The van der Waals surface area contributed by atoms with Crippen molar-refractivity contribution in [3.05, 3.63) is 0 Å². The molecule has 3 unspecified atom stereocenters. The van der Waals surface area contributed by atoms with Gasteiger partial charge in [-0.3, -0.25) is 4.52 Å². The van der Waals surface area contributed by atoms with Gasteiger partial charge in [0.05, 0.1) is 27.2 Å². The summed E-state index contributed by atoms with van der Waals surface area (Å²) in [5.41, 5.74) is 0. The molecule has 206 valence electrons. The van der Waals surface area contributed by atoms with Gasteiger partial charge in [-0.15, -0.1) is 0 Å². The van der Waals surface area contributed by atoms with Crippen molar-refractivity contribution in [1.82, 2.24) is 0 Å². The molecule has 0 bridgehead atoms. The van der Waals surface area contributed by atoms with Crippen LogP contribution in [0.1, 0.15) is 104 Å². The molecule has 0 spiro atoms. The van der Waals surface area contributed by atoms with Crippen LogP contribution in [-0.2, 0) is 13.8 Å². The van der Waals surface area contributed by atoms with E-state index in [0.717, 1.165) is 11.5 Å². The first kappa shape index (κ1) is 34.4. The highest BCUT2D eigenvalue weighted by Crippen LogP contribution is 2.37. The minimum absolute atomic E-state index is 0.0123. The molecule has 0 heterocycles. The second-order valence-corrected chi connectivity index (χ2v) is 13.2. The Kier molecular flexibility index (Phi) is 20.7. The number of quaternary nitrogens is 1. The summed E-state index contributed by atoms with van der Waals surface area (Å²) >= 11 is 1.92. The van der Waals surface area contributed by atoms with Crippen molar-refractivity contribution >= 4 is 19.6 Å². The molecule has 0 aromatic heterocycles. The van der Waals surface area contributed by atoms with Gasteiger partial charge < -0.3 is 19.0 Å². The molecule has 0 saturated heterocycles. The summed E-state index contributed by atoms with van der Waals surface area (Å²) in [6.45, 7) is 4.38. The van der Waals surface area contributed by atoms with Crippen molar-refractivity contribution < 1.29 is 28.1 Å². The highest BCUT2D eigenvalue weighted by Gasteiger charge is 2.37. The molecule has 8 heteroatoms. The standard InChI is InChI=1S/C26H56NO5PS/c1-7-8-9-10-11-12-13-14-15-16-17-18-19-20-21-34-23-26(31-6)24(2)25(27(3,4)5)22-32-33(28,29)30/h24-26H,7-23H2,1-6H3,(H-,28,29,30)/p+1. The first-order valence-electron chi connectivity index (χ1n) is 13.6. The lowest BCUT2D eigenvalue weighted by molar-refractivity contribution is -0.900. The van der Waals surface area contributed by atoms with E-state index >= 15 is 0 Å². The third-order valence-corrected chi connectivity index (χ3v) is 8.46. The van der Waals surface area contributed by atoms with Crippen LogP contribution in [0.4, 0.5) is 0 Å². The number of phosphoric ester groups is 1. The maximum absolute atomic E-state index is 11.2. The maximum Gasteiger partial charge on any atom is 0.469 e. The van der Waals surface area contributed by atoms with Crippen molar-refractivity contribution in [2.24, 2.45) is 5.92 Å². The Hall–Kier alpha value is 0.380. The van der Waals surface area contributed by atoms with E-state index in [1.165, 1.54) is 89.9 Å². The molecule has 0 saturated carbocycles. The van der Waals surface area contributed by atoms with Gasteiger partial charge in [0.15, 0.2) is 0 Å². The summed E-state index contributed by atoms with van der Waals surface area (Å²) in [4.78, 5) is 18.2. The fraction of sp³-hybridized carbons (Fsp3) is 1.00. The van der Waals surface area contributed by atoms with Crippen LogP contribution in [0.25, 0.3) is 0 Å². The quantitative estimate of drug-likeness (QED) is 0.0798. The van der Waals surface area contributed by atoms with Crippen molar-refractivity contribution in [3.63, 3.8) is 0 Å². The fourth-order valence-electron chi connectivity index (χ4n) is 4.53. The second-order valence-electron chi connectivity index (χ2n) is 10.8. The number of likely N-dealkylation sites (N-methyl/N-ethyl adjacent to an activating group) is 1. The second kappa shape index (κ2) is 20.4. The van der Waals surface area contributed by atoms with E-state index in [0.29, 0.717) is 4.48 Å². The summed E-state index contributed by atoms with van der Waals surface area (Å²) in [5.74, 6) is 2.14. The Bertz CT molecular complexity index is 512. The number of ether oxygens (including phenoxy) is 1. The molecule has 0 radical (unpaired) electrons.